The fourth-order valence-electron chi connectivity index (χ4n) is 1.88. The van der Waals surface area contributed by atoms with E-state index in [9.17, 15) is 4.79 Å². The van der Waals surface area contributed by atoms with Gasteiger partial charge in [0.2, 0.25) is 5.91 Å². The number of carbonyl (C=O) groups is 1. The van der Waals surface area contributed by atoms with Crippen LogP contribution in [0.4, 0.5) is 5.69 Å². The third-order valence-corrected chi connectivity index (χ3v) is 3.48. The average Bonchev–Trinajstić information content (AvgIpc) is 2.52. The molecular formula is C17H28N2O3. The first kappa shape index (κ1) is 18.5. The van der Waals surface area contributed by atoms with Gasteiger partial charge in [0, 0.05) is 5.69 Å². The zero-order valence-electron chi connectivity index (χ0n) is 13.6. The van der Waals surface area contributed by atoms with Gasteiger partial charge in [-0.15, -0.1) is 0 Å². The van der Waals surface area contributed by atoms with E-state index in [0.29, 0.717) is 12.3 Å². The van der Waals surface area contributed by atoms with Gasteiger partial charge in [0.1, 0.15) is 11.3 Å². The van der Waals surface area contributed by atoms with E-state index in [1.165, 1.54) is 32.6 Å². The number of unbranched alkanes of at least 4 members (excludes halogenated alkanes) is 4. The normalized spacial score (nSPS) is 13.5. The highest BCUT2D eigenvalue weighted by atomic mass is 16.5. The van der Waals surface area contributed by atoms with E-state index in [1.54, 1.807) is 12.1 Å². The lowest BCUT2D eigenvalue weighted by atomic mass is 10.0. The topological polar surface area (TPSA) is 84.6 Å². The summed E-state index contributed by atoms with van der Waals surface area (Å²) in [7, 11) is 0. The molecule has 1 rings (SSSR count). The Labute approximate surface area is 132 Å². The molecule has 0 saturated carbocycles. The van der Waals surface area contributed by atoms with Crippen molar-refractivity contribution in [3.05, 3.63) is 24.3 Å². The Bertz CT molecular complexity index is 444. The van der Waals surface area contributed by atoms with E-state index < -0.39 is 18.1 Å². The highest BCUT2D eigenvalue weighted by Gasteiger charge is 2.27. The summed E-state index contributed by atoms with van der Waals surface area (Å²) >= 11 is 0. The molecule has 4 N–H and O–H groups in total. The van der Waals surface area contributed by atoms with Crippen LogP contribution in [0.25, 0.3) is 0 Å². The first-order valence-electron chi connectivity index (χ1n) is 7.93. The number of aliphatic hydroxyl groups is 1. The molecule has 5 nitrogen and oxygen atoms in total. The molecule has 124 valence electrons. The minimum Gasteiger partial charge on any atom is -0.494 e. The van der Waals surface area contributed by atoms with E-state index in [0.717, 1.165) is 12.2 Å². The van der Waals surface area contributed by atoms with Crippen molar-refractivity contribution in [1.82, 2.24) is 0 Å². The Hall–Kier alpha value is -1.59. The first-order chi connectivity index (χ1) is 10.5. The van der Waals surface area contributed by atoms with Crippen LogP contribution in [0.1, 0.15) is 46.0 Å². The Morgan fingerprint density at radius 3 is 2.45 bits per heavy atom. The maximum Gasteiger partial charge on any atom is 0.246 e. The summed E-state index contributed by atoms with van der Waals surface area (Å²) < 4.78 is 5.66. The summed E-state index contributed by atoms with van der Waals surface area (Å²) in [4.78, 5) is 11.8. The molecule has 0 spiro atoms. The Kier molecular flexibility index (Phi) is 7.91. The van der Waals surface area contributed by atoms with Gasteiger partial charge in [-0.2, -0.15) is 0 Å². The number of hydrogen-bond donors (Lipinski definition) is 3. The van der Waals surface area contributed by atoms with Gasteiger partial charge in [0.25, 0.3) is 0 Å². The molecule has 0 aliphatic rings. The number of carbonyl (C=O) groups excluding carboxylic acids is 1. The molecule has 1 atom stereocenters. The number of aliphatic hydroxyl groups excluding tert-OH is 1. The summed E-state index contributed by atoms with van der Waals surface area (Å²) in [5, 5.41) is 11.7. The molecule has 0 aliphatic heterocycles. The maximum absolute atomic E-state index is 11.8. The zero-order chi connectivity index (χ0) is 16.4. The van der Waals surface area contributed by atoms with Gasteiger partial charge < -0.3 is 20.9 Å². The fourth-order valence-corrected chi connectivity index (χ4v) is 1.88. The second kappa shape index (κ2) is 9.43. The largest absolute Gasteiger partial charge is 0.494 e. The number of anilines is 1. The Balaban J connectivity index is 2.35. The Morgan fingerprint density at radius 2 is 1.86 bits per heavy atom. The third kappa shape index (κ3) is 6.45. The second-order valence-corrected chi connectivity index (χ2v) is 5.82. The monoisotopic (exact) mass is 308 g/mol. The molecule has 0 aliphatic carbocycles. The summed E-state index contributed by atoms with van der Waals surface area (Å²) in [6, 6.07) is 7.15. The molecule has 1 aromatic carbocycles. The number of amides is 1. The van der Waals surface area contributed by atoms with Crippen LogP contribution in [-0.2, 0) is 4.79 Å². The van der Waals surface area contributed by atoms with Crippen LogP contribution in [-0.4, -0.2) is 29.8 Å². The van der Waals surface area contributed by atoms with Gasteiger partial charge in [0.05, 0.1) is 13.2 Å². The van der Waals surface area contributed by atoms with Crippen molar-refractivity contribution in [2.24, 2.45) is 5.73 Å². The van der Waals surface area contributed by atoms with Crippen molar-refractivity contribution in [3.8, 4) is 5.75 Å². The van der Waals surface area contributed by atoms with Gasteiger partial charge >= 0.3 is 0 Å². The molecule has 1 aromatic rings. The lowest BCUT2D eigenvalue weighted by Crippen LogP contribution is -2.51. The van der Waals surface area contributed by atoms with Gasteiger partial charge in [-0.05, 0) is 37.6 Å². The van der Waals surface area contributed by atoms with Crippen molar-refractivity contribution < 1.29 is 14.6 Å². The SMILES string of the molecule is CCCCCCCOc1ccc(NC(=O)C(C)(N)CO)cc1. The fraction of sp³-hybridized carbons (Fsp3) is 0.588. The molecular weight excluding hydrogens is 280 g/mol. The van der Waals surface area contributed by atoms with Crippen LogP contribution in [0.15, 0.2) is 24.3 Å². The number of nitrogens with one attached hydrogen (secondary N) is 1. The third-order valence-electron chi connectivity index (χ3n) is 3.48. The molecule has 5 heteroatoms. The maximum atomic E-state index is 11.8. The van der Waals surface area contributed by atoms with Crippen LogP contribution < -0.4 is 15.8 Å². The minimum atomic E-state index is -1.28. The van der Waals surface area contributed by atoms with Crippen molar-refractivity contribution in [2.45, 2.75) is 51.5 Å². The van der Waals surface area contributed by atoms with E-state index >= 15 is 0 Å². The number of hydrogen-bond acceptors (Lipinski definition) is 4. The molecule has 0 aromatic heterocycles. The van der Waals surface area contributed by atoms with Crippen LogP contribution in [0.5, 0.6) is 5.75 Å². The van der Waals surface area contributed by atoms with Gasteiger partial charge in [-0.3, -0.25) is 4.79 Å². The predicted octanol–water partition coefficient (Wildman–Crippen LogP) is 2.68. The summed E-state index contributed by atoms with van der Waals surface area (Å²) in [5.41, 5.74) is 5.01. The molecule has 0 fully saturated rings. The molecule has 1 amide bonds. The van der Waals surface area contributed by atoms with E-state index in [-0.39, 0.29) is 0 Å². The minimum absolute atomic E-state index is 0.405. The summed E-state index contributed by atoms with van der Waals surface area (Å²) in [5.74, 6) is 0.366. The molecule has 0 radical (unpaired) electrons. The van der Waals surface area contributed by atoms with Gasteiger partial charge in [-0.25, -0.2) is 0 Å². The standard InChI is InChI=1S/C17H28N2O3/c1-3-4-5-6-7-12-22-15-10-8-14(9-11-15)19-16(21)17(2,18)13-20/h8-11,20H,3-7,12-13,18H2,1-2H3,(H,19,21). The highest BCUT2D eigenvalue weighted by Crippen LogP contribution is 2.17. The van der Waals surface area contributed by atoms with Crippen LogP contribution >= 0.6 is 0 Å². The van der Waals surface area contributed by atoms with Crippen molar-refractivity contribution >= 4 is 11.6 Å². The second-order valence-electron chi connectivity index (χ2n) is 5.82. The molecule has 0 heterocycles. The Morgan fingerprint density at radius 1 is 1.23 bits per heavy atom. The van der Waals surface area contributed by atoms with E-state index in [4.69, 9.17) is 15.6 Å². The average molecular weight is 308 g/mol. The zero-order valence-corrected chi connectivity index (χ0v) is 13.6. The number of ether oxygens (including phenoxy) is 1. The van der Waals surface area contributed by atoms with Gasteiger partial charge in [0.15, 0.2) is 0 Å². The highest BCUT2D eigenvalue weighted by molar-refractivity contribution is 5.97. The smallest absolute Gasteiger partial charge is 0.246 e. The van der Waals surface area contributed by atoms with Crippen LogP contribution in [0.2, 0.25) is 0 Å². The molecule has 0 bridgehead atoms. The van der Waals surface area contributed by atoms with E-state index in [2.05, 4.69) is 12.2 Å². The van der Waals surface area contributed by atoms with Crippen molar-refractivity contribution in [3.63, 3.8) is 0 Å². The van der Waals surface area contributed by atoms with Crippen LogP contribution in [0.3, 0.4) is 0 Å². The first-order valence-corrected chi connectivity index (χ1v) is 7.93. The molecule has 1 unspecified atom stereocenters. The van der Waals surface area contributed by atoms with Crippen molar-refractivity contribution in [2.75, 3.05) is 18.5 Å². The summed E-state index contributed by atoms with van der Waals surface area (Å²) in [6.07, 6.45) is 6.03. The number of rotatable bonds is 10. The quantitative estimate of drug-likeness (QED) is 0.580. The van der Waals surface area contributed by atoms with Crippen LogP contribution in [0, 0.1) is 0 Å². The lowest BCUT2D eigenvalue weighted by molar-refractivity contribution is -0.121. The lowest BCUT2D eigenvalue weighted by Gasteiger charge is -2.20. The van der Waals surface area contributed by atoms with Crippen molar-refractivity contribution in [1.29, 1.82) is 0 Å². The predicted molar refractivity (Wildman–Crippen MR) is 89.0 cm³/mol. The number of nitrogens with two attached hydrogens (primary N) is 1. The molecule has 0 saturated heterocycles. The molecule has 22 heavy (non-hydrogen) atoms. The number of benzene rings is 1. The van der Waals surface area contributed by atoms with E-state index in [1.807, 2.05) is 12.1 Å². The summed E-state index contributed by atoms with van der Waals surface area (Å²) in [6.45, 7) is 3.99. The van der Waals surface area contributed by atoms with Gasteiger partial charge in [-0.1, -0.05) is 32.6 Å².